The number of hydrogen-bond acceptors (Lipinski definition) is 0. The van der Waals surface area contributed by atoms with Crippen molar-refractivity contribution < 1.29 is 8.78 Å². The lowest BCUT2D eigenvalue weighted by Crippen LogP contribution is -1.98. The van der Waals surface area contributed by atoms with E-state index < -0.39 is 11.6 Å². The van der Waals surface area contributed by atoms with E-state index in [-0.39, 0.29) is 0 Å². The summed E-state index contributed by atoms with van der Waals surface area (Å²) in [5, 5.41) is 0. The van der Waals surface area contributed by atoms with E-state index in [0.717, 1.165) is 42.4 Å². The van der Waals surface area contributed by atoms with Gasteiger partial charge in [-0.2, -0.15) is 0 Å². The Labute approximate surface area is 173 Å². The van der Waals surface area contributed by atoms with Crippen LogP contribution in [0.4, 0.5) is 8.78 Å². The maximum Gasteiger partial charge on any atom is 0.166 e. The van der Waals surface area contributed by atoms with Crippen molar-refractivity contribution in [2.75, 3.05) is 0 Å². The van der Waals surface area contributed by atoms with Crippen LogP contribution in [0.25, 0.3) is 22.3 Å². The first-order valence-corrected chi connectivity index (χ1v) is 10.8. The third-order valence-electron chi connectivity index (χ3n) is 5.60. The lowest BCUT2D eigenvalue weighted by atomic mass is 9.92. The van der Waals surface area contributed by atoms with Gasteiger partial charge in [0.2, 0.25) is 0 Å². The second-order valence-corrected chi connectivity index (χ2v) is 7.66. The fraction of sp³-hybridized carbons (Fsp3) is 0.333. The Morgan fingerprint density at radius 2 is 1.31 bits per heavy atom. The number of unbranched alkanes of at least 4 members (excludes halogenated alkanes) is 4. The molecular formula is C27H30F2. The van der Waals surface area contributed by atoms with Crippen LogP contribution in [-0.2, 0) is 12.8 Å². The normalized spacial score (nSPS) is 11.0. The van der Waals surface area contributed by atoms with Crippen molar-refractivity contribution in [3.05, 3.63) is 83.4 Å². The van der Waals surface area contributed by atoms with E-state index in [1.807, 2.05) is 24.3 Å². The fourth-order valence-electron chi connectivity index (χ4n) is 3.80. The molecule has 0 aliphatic heterocycles. The molecule has 3 rings (SSSR count). The molecule has 2 heteroatoms. The lowest BCUT2D eigenvalue weighted by Gasteiger charge is -2.13. The summed E-state index contributed by atoms with van der Waals surface area (Å²) < 4.78 is 29.8. The van der Waals surface area contributed by atoms with Crippen LogP contribution in [-0.4, -0.2) is 0 Å². The minimum atomic E-state index is -0.742. The summed E-state index contributed by atoms with van der Waals surface area (Å²) in [6.07, 6.45) is 7.06. The van der Waals surface area contributed by atoms with Gasteiger partial charge in [-0.15, -0.1) is 0 Å². The summed E-state index contributed by atoms with van der Waals surface area (Å²) in [7, 11) is 0. The quantitative estimate of drug-likeness (QED) is 0.321. The van der Waals surface area contributed by atoms with E-state index in [1.54, 1.807) is 12.1 Å². The first-order valence-electron chi connectivity index (χ1n) is 10.8. The highest BCUT2D eigenvalue weighted by Gasteiger charge is 2.17. The molecule has 0 bridgehead atoms. The zero-order chi connectivity index (χ0) is 20.6. The molecule has 0 nitrogen and oxygen atoms in total. The minimum absolute atomic E-state index is 0.326. The van der Waals surface area contributed by atoms with Crippen LogP contribution in [0.1, 0.15) is 57.1 Å². The topological polar surface area (TPSA) is 0 Å². The molecule has 152 valence electrons. The van der Waals surface area contributed by atoms with Gasteiger partial charge in [0.15, 0.2) is 11.6 Å². The van der Waals surface area contributed by atoms with Crippen LogP contribution in [0, 0.1) is 11.6 Å². The Bertz CT molecular complexity index is 926. The summed E-state index contributed by atoms with van der Waals surface area (Å²) >= 11 is 0. The van der Waals surface area contributed by atoms with Gasteiger partial charge in [-0.3, -0.25) is 0 Å². The van der Waals surface area contributed by atoms with E-state index in [4.69, 9.17) is 0 Å². The lowest BCUT2D eigenvalue weighted by molar-refractivity contribution is 0.497. The summed E-state index contributed by atoms with van der Waals surface area (Å²) in [6.45, 7) is 4.29. The van der Waals surface area contributed by atoms with Crippen molar-refractivity contribution >= 4 is 0 Å². The number of rotatable bonds is 9. The van der Waals surface area contributed by atoms with E-state index >= 15 is 4.39 Å². The Morgan fingerprint density at radius 1 is 0.621 bits per heavy atom. The second kappa shape index (κ2) is 10.3. The van der Waals surface area contributed by atoms with Gasteiger partial charge in [0.1, 0.15) is 0 Å². The molecular weight excluding hydrogens is 362 g/mol. The largest absolute Gasteiger partial charge is 0.203 e. The third kappa shape index (κ3) is 5.12. The Balaban J connectivity index is 1.88. The number of hydrogen-bond donors (Lipinski definition) is 0. The Kier molecular flexibility index (Phi) is 7.57. The molecule has 0 atom stereocenters. The van der Waals surface area contributed by atoms with E-state index in [2.05, 4.69) is 38.1 Å². The van der Waals surface area contributed by atoms with Crippen molar-refractivity contribution in [1.29, 1.82) is 0 Å². The van der Waals surface area contributed by atoms with Crippen LogP contribution in [0.2, 0.25) is 0 Å². The average Bonchev–Trinajstić information content (AvgIpc) is 2.76. The molecule has 0 heterocycles. The van der Waals surface area contributed by atoms with Crippen LogP contribution < -0.4 is 0 Å². The first kappa shape index (κ1) is 21.2. The van der Waals surface area contributed by atoms with Gasteiger partial charge >= 0.3 is 0 Å². The molecule has 0 aromatic heterocycles. The monoisotopic (exact) mass is 392 g/mol. The maximum absolute atomic E-state index is 15.0. The average molecular weight is 393 g/mol. The number of benzene rings is 3. The molecule has 0 amide bonds. The fourth-order valence-corrected chi connectivity index (χ4v) is 3.80. The van der Waals surface area contributed by atoms with Gasteiger partial charge in [-0.25, -0.2) is 8.78 Å². The molecule has 0 N–H and O–H groups in total. The van der Waals surface area contributed by atoms with Crippen molar-refractivity contribution in [3.8, 4) is 22.3 Å². The molecule has 0 aliphatic rings. The number of halogens is 2. The summed E-state index contributed by atoms with van der Waals surface area (Å²) in [5.74, 6) is -1.44. The number of aryl methyl sites for hydroxylation is 2. The molecule has 29 heavy (non-hydrogen) atoms. The zero-order valence-corrected chi connectivity index (χ0v) is 17.5. The minimum Gasteiger partial charge on any atom is -0.203 e. The van der Waals surface area contributed by atoms with Crippen LogP contribution in [0.5, 0.6) is 0 Å². The molecule has 0 spiro atoms. The molecule has 3 aromatic rings. The highest BCUT2D eigenvalue weighted by Crippen LogP contribution is 2.35. The highest BCUT2D eigenvalue weighted by molar-refractivity contribution is 5.83. The van der Waals surface area contributed by atoms with Gasteiger partial charge in [0.25, 0.3) is 0 Å². The molecule has 0 unspecified atom stereocenters. The molecule has 0 radical (unpaired) electrons. The van der Waals surface area contributed by atoms with Crippen LogP contribution in [0.3, 0.4) is 0 Å². The van der Waals surface area contributed by atoms with Gasteiger partial charge in [-0.1, -0.05) is 100 Å². The first-order chi connectivity index (χ1) is 14.2. The summed E-state index contributed by atoms with van der Waals surface area (Å²) in [6, 6.07) is 19.4. The van der Waals surface area contributed by atoms with Gasteiger partial charge in [-0.05, 0) is 47.1 Å². The predicted molar refractivity (Wildman–Crippen MR) is 119 cm³/mol. The molecule has 3 aromatic carbocycles. The Hall–Kier alpha value is -2.48. The smallest absolute Gasteiger partial charge is 0.166 e. The Morgan fingerprint density at radius 3 is 2.00 bits per heavy atom. The SMILES string of the molecule is CCCCCCCc1ccc(-c2ccccc2-c2ccc(CC)cc2)c(F)c1F. The molecule has 0 fully saturated rings. The summed E-state index contributed by atoms with van der Waals surface area (Å²) in [5.41, 5.74) is 4.72. The van der Waals surface area contributed by atoms with E-state index in [9.17, 15) is 4.39 Å². The van der Waals surface area contributed by atoms with Crippen molar-refractivity contribution in [2.45, 2.75) is 58.8 Å². The zero-order valence-electron chi connectivity index (χ0n) is 17.5. The van der Waals surface area contributed by atoms with E-state index in [1.165, 1.54) is 18.4 Å². The van der Waals surface area contributed by atoms with Crippen molar-refractivity contribution in [2.24, 2.45) is 0 Å². The molecule has 0 aliphatic carbocycles. The molecule has 0 saturated carbocycles. The van der Waals surface area contributed by atoms with Crippen LogP contribution in [0.15, 0.2) is 60.7 Å². The van der Waals surface area contributed by atoms with Gasteiger partial charge in [0.05, 0.1) is 0 Å². The second-order valence-electron chi connectivity index (χ2n) is 7.66. The van der Waals surface area contributed by atoms with Crippen molar-refractivity contribution in [3.63, 3.8) is 0 Å². The van der Waals surface area contributed by atoms with Crippen LogP contribution >= 0.6 is 0 Å². The highest BCUT2D eigenvalue weighted by atomic mass is 19.2. The van der Waals surface area contributed by atoms with Crippen molar-refractivity contribution in [1.82, 2.24) is 0 Å². The standard InChI is InChI=1S/C27H30F2/c1-3-5-6-7-8-11-22-18-19-25(27(29)26(22)28)24-13-10-9-12-23(24)21-16-14-20(4-2)15-17-21/h9-10,12-19H,3-8,11H2,1-2H3. The summed E-state index contributed by atoms with van der Waals surface area (Å²) in [4.78, 5) is 0. The molecule has 0 saturated heterocycles. The van der Waals surface area contributed by atoms with E-state index in [0.29, 0.717) is 17.5 Å². The van der Waals surface area contributed by atoms with Gasteiger partial charge in [0, 0.05) is 5.56 Å². The van der Waals surface area contributed by atoms with Gasteiger partial charge < -0.3 is 0 Å². The third-order valence-corrected chi connectivity index (χ3v) is 5.60. The maximum atomic E-state index is 15.0. The predicted octanol–water partition coefficient (Wildman–Crippen LogP) is 8.37.